The third-order valence-corrected chi connectivity index (χ3v) is 18.5. The van der Waals surface area contributed by atoms with Crippen molar-refractivity contribution in [2.24, 2.45) is 5.16 Å². The van der Waals surface area contributed by atoms with Gasteiger partial charge in [-0.3, -0.25) is 19.8 Å². The third-order valence-electron chi connectivity index (χ3n) is 15.2. The van der Waals surface area contributed by atoms with Crippen molar-refractivity contribution in [3.8, 4) is 5.88 Å². The Morgan fingerprint density at radius 3 is 1.62 bits per heavy atom. The van der Waals surface area contributed by atoms with Crippen molar-refractivity contribution >= 4 is 69.6 Å². The topological polar surface area (TPSA) is 188 Å². The Morgan fingerprint density at radius 2 is 1.13 bits per heavy atom. The maximum atomic E-state index is 15.2. The quantitative estimate of drug-likeness (QED) is 0.0163. The Hall–Kier alpha value is -10.1. The molecule has 0 aliphatic carbocycles. The van der Waals surface area contributed by atoms with Gasteiger partial charge in [-0.15, -0.1) is 34.9 Å². The number of benzene rings is 8. The average Bonchev–Trinajstić information content (AvgIpc) is 1.57. The smallest absolute Gasteiger partial charge is 0.413 e. The van der Waals surface area contributed by atoms with Crippen LogP contribution in [0.1, 0.15) is 77.1 Å². The Morgan fingerprint density at radius 1 is 0.659 bits per heavy atom. The summed E-state index contributed by atoms with van der Waals surface area (Å²) in [6, 6.07) is 76.7. The highest BCUT2D eigenvalue weighted by Gasteiger charge is 2.55. The van der Waals surface area contributed by atoms with Crippen molar-refractivity contribution in [3.05, 3.63) is 315 Å². The van der Waals surface area contributed by atoms with E-state index in [1.807, 2.05) is 211 Å². The highest BCUT2D eigenvalue weighted by molar-refractivity contribution is 8.06. The number of hydrogen-bond donors (Lipinski definition) is 2. The maximum Gasteiger partial charge on any atom is 0.413 e. The monoisotopic (exact) mass is 1260 g/mol. The van der Waals surface area contributed by atoms with Crippen LogP contribution in [-0.4, -0.2) is 89.6 Å². The summed E-state index contributed by atoms with van der Waals surface area (Å²) in [5.41, 5.74) is 3.17. The molecule has 8 aromatic carbocycles. The number of hydrogen-bond acceptors (Lipinski definition) is 15. The molecule has 3 amide bonds. The van der Waals surface area contributed by atoms with Gasteiger partial charge in [0.05, 0.1) is 12.8 Å². The van der Waals surface area contributed by atoms with Crippen molar-refractivity contribution < 1.29 is 38.2 Å². The second kappa shape index (κ2) is 27.3. The first-order chi connectivity index (χ1) is 44.4. The van der Waals surface area contributed by atoms with Crippen LogP contribution in [-0.2, 0) is 39.8 Å². The van der Waals surface area contributed by atoms with Crippen LogP contribution in [0.15, 0.2) is 270 Å². The summed E-state index contributed by atoms with van der Waals surface area (Å²) in [6.07, 6.45) is 0.211. The number of aromatic nitrogens is 4. The van der Waals surface area contributed by atoms with Gasteiger partial charge in [0.1, 0.15) is 33.9 Å². The first kappa shape index (κ1) is 61.2. The molecule has 16 nitrogen and oxygen atoms in total. The molecule has 2 aliphatic rings. The SMILES string of the molecule is CC(C)(C)OC(=O)Nc1nc(/C(=N/OC(c2ccccc2)(c2ccccc2)c2ccccc2)C(=O)N[C@@H]2C(=O)N3C(C(=O)OC(c4ccccc4)c4ccccc4)=C(SCCOc4cn(C(c5ccccc5)(c5ccccc5)c5ccccc5)nn4)CS[C@H]23)cs1. The molecule has 19 heteroatoms. The van der Waals surface area contributed by atoms with E-state index in [-0.39, 0.29) is 40.5 Å². The molecule has 0 spiro atoms. The molecule has 1 saturated heterocycles. The molecule has 0 unspecified atom stereocenters. The molecule has 2 N–H and O–H groups in total. The lowest BCUT2D eigenvalue weighted by molar-refractivity contribution is -0.154. The fourth-order valence-electron chi connectivity index (χ4n) is 11.2. The number of ether oxygens (including phenoxy) is 3. The standard InChI is InChI=1S/C72H62N8O8S3/c1-70(2,3)87-69(84)75-68-73-57(47-91-68)60(77-88-72(54-38-22-9-23-39-54,55-40-24-10-25-41-55)56-42-26-11-27-43-56)64(81)74-61-65(82)80-62(67(83)86-63(49-28-12-4-13-29-49)50-30-14-5-15-31-50)58(48-90-66(61)80)89-45-44-85-59-46-79(78-76-59)71(51-32-16-6-17-33-51,52-34-18-7-19-35-52)53-36-20-8-21-37-53/h4-43,46-47,61,63,66H,44-45,48H2,1-3H3,(H,74,81)(H,73,75,84)/b77-60-/t61-,66-/m1/s1. The van der Waals surface area contributed by atoms with Gasteiger partial charge in [0, 0.05) is 38.5 Å². The van der Waals surface area contributed by atoms with E-state index in [0.717, 1.165) is 39.2 Å². The molecule has 12 rings (SSSR count). The van der Waals surface area contributed by atoms with E-state index in [9.17, 15) is 4.79 Å². The van der Waals surface area contributed by atoms with Crippen molar-refractivity contribution in [2.75, 3.05) is 23.4 Å². The second-order valence-corrected chi connectivity index (χ2v) is 25.4. The van der Waals surface area contributed by atoms with Gasteiger partial charge in [0.15, 0.2) is 16.9 Å². The summed E-state index contributed by atoms with van der Waals surface area (Å²) < 4.78 is 20.2. The summed E-state index contributed by atoms with van der Waals surface area (Å²) in [4.78, 5) is 72.0. The van der Waals surface area contributed by atoms with E-state index in [2.05, 4.69) is 57.1 Å². The molecule has 456 valence electrons. The molecular formula is C72H62N8O8S3. The Labute approximate surface area is 539 Å². The van der Waals surface area contributed by atoms with Gasteiger partial charge >= 0.3 is 12.1 Å². The lowest BCUT2D eigenvalue weighted by atomic mass is 9.77. The van der Waals surface area contributed by atoms with E-state index in [0.29, 0.717) is 27.3 Å². The molecule has 0 radical (unpaired) electrons. The number of oxime groups is 1. The minimum absolute atomic E-state index is 0.0416. The van der Waals surface area contributed by atoms with Crippen LogP contribution in [0, 0.1) is 0 Å². The molecule has 10 aromatic rings. The van der Waals surface area contributed by atoms with Gasteiger partial charge in [0.2, 0.25) is 5.60 Å². The van der Waals surface area contributed by atoms with Crippen molar-refractivity contribution in [1.29, 1.82) is 0 Å². The number of esters is 1. The zero-order chi connectivity index (χ0) is 62.8. The van der Waals surface area contributed by atoms with Crippen molar-refractivity contribution in [1.82, 2.24) is 30.2 Å². The highest BCUT2D eigenvalue weighted by Crippen LogP contribution is 2.46. The summed E-state index contributed by atoms with van der Waals surface area (Å²) in [7, 11) is 0. The van der Waals surface area contributed by atoms with Gasteiger partial charge in [-0.1, -0.05) is 258 Å². The molecule has 91 heavy (non-hydrogen) atoms. The molecule has 2 aromatic heterocycles. The fraction of sp³-hybridized carbons (Fsp3) is 0.167. The lowest BCUT2D eigenvalue weighted by Gasteiger charge is -2.49. The molecule has 4 heterocycles. The number of nitrogens with zero attached hydrogens (tertiary/aromatic N) is 6. The first-order valence-electron chi connectivity index (χ1n) is 29.4. The van der Waals surface area contributed by atoms with Gasteiger partial charge in [0.25, 0.3) is 17.7 Å². The van der Waals surface area contributed by atoms with E-state index in [1.54, 1.807) is 32.3 Å². The third kappa shape index (κ3) is 13.0. The van der Waals surface area contributed by atoms with Gasteiger partial charge in [-0.2, -0.15) is 0 Å². The van der Waals surface area contributed by atoms with Crippen LogP contribution >= 0.6 is 34.9 Å². The van der Waals surface area contributed by atoms with Crippen molar-refractivity contribution in [3.63, 3.8) is 0 Å². The summed E-state index contributed by atoms with van der Waals surface area (Å²) >= 11 is 3.79. The average molecular weight is 1260 g/mol. The molecular weight excluding hydrogens is 1200 g/mol. The largest absolute Gasteiger partial charge is 0.475 e. The van der Waals surface area contributed by atoms with Crippen LogP contribution in [0.25, 0.3) is 0 Å². The number of thiazole rings is 1. The minimum atomic E-state index is -1.42. The number of rotatable bonds is 22. The first-order valence-corrected chi connectivity index (χ1v) is 32.4. The highest BCUT2D eigenvalue weighted by atomic mass is 32.2. The predicted octanol–water partition coefficient (Wildman–Crippen LogP) is 13.4. The van der Waals surface area contributed by atoms with Gasteiger partial charge in [-0.05, 0) is 48.6 Å². The number of anilines is 1. The van der Waals surface area contributed by atoms with E-state index >= 15 is 14.4 Å². The maximum absolute atomic E-state index is 15.2. The molecule has 0 bridgehead atoms. The summed E-state index contributed by atoms with van der Waals surface area (Å²) in [6.45, 7) is 5.38. The zero-order valence-electron chi connectivity index (χ0n) is 49.8. The number of nitrogens with one attached hydrogen (secondary N) is 2. The molecule has 2 aliphatic heterocycles. The summed E-state index contributed by atoms with van der Waals surface area (Å²) in [5.74, 6) is -1.20. The van der Waals surface area contributed by atoms with Crippen LogP contribution in [0.5, 0.6) is 5.88 Å². The Kier molecular flexibility index (Phi) is 18.4. The van der Waals surface area contributed by atoms with E-state index in [4.69, 9.17) is 29.4 Å². The van der Waals surface area contributed by atoms with E-state index in [1.165, 1.54) is 28.4 Å². The zero-order valence-corrected chi connectivity index (χ0v) is 52.2. The number of fused-ring (bicyclic) bond motifs is 1. The van der Waals surface area contributed by atoms with Gasteiger partial charge < -0.3 is 24.4 Å². The fourth-order valence-corrected chi connectivity index (χ4v) is 14.3. The molecule has 1 fully saturated rings. The lowest BCUT2D eigenvalue weighted by Crippen LogP contribution is -2.71. The summed E-state index contributed by atoms with van der Waals surface area (Å²) in [5, 5.41) is 20.5. The normalized spacial score (nSPS) is 15.1. The predicted molar refractivity (Wildman–Crippen MR) is 354 cm³/mol. The molecule has 2 atom stereocenters. The van der Waals surface area contributed by atoms with Crippen molar-refractivity contribution in [2.45, 2.75) is 55.0 Å². The Bertz CT molecular complexity index is 3970. The minimum Gasteiger partial charge on any atom is -0.475 e. The van der Waals surface area contributed by atoms with Crippen LogP contribution in [0.4, 0.5) is 9.93 Å². The number of carbonyl (C=O) groups excluding carboxylic acids is 4. The molecule has 0 saturated carbocycles. The second-order valence-electron chi connectivity index (χ2n) is 22.2. The Balaban J connectivity index is 0.853. The number of amides is 3. The van der Waals surface area contributed by atoms with E-state index < -0.39 is 58.1 Å². The van der Waals surface area contributed by atoms with Gasteiger partial charge in [-0.25, -0.2) is 19.3 Å². The number of β-lactam (4-membered cyclic amide) rings is 1. The van der Waals surface area contributed by atoms with Crippen LogP contribution < -0.4 is 15.4 Å². The number of thioether (sulfide) groups is 2. The van der Waals surface area contributed by atoms with Crippen LogP contribution in [0.2, 0.25) is 0 Å². The van der Waals surface area contributed by atoms with Crippen LogP contribution in [0.3, 0.4) is 0 Å². The number of carbonyl (C=O) groups is 4.